The van der Waals surface area contributed by atoms with Gasteiger partial charge >= 0.3 is 5.97 Å². The molecule has 0 amide bonds. The first-order chi connectivity index (χ1) is 13.7. The molecule has 1 saturated heterocycles. The summed E-state index contributed by atoms with van der Waals surface area (Å²) in [5.74, 6) is 1.67. The number of carbonyl (C=O) groups excluding carboxylic acids is 3. The SMILES string of the molecule is CC(=O)S[C@H]1CC2=CC(=O)CC[C@@]2(C)[C@H]2CC[C@]3(C)[C@H](CC[C@@]34CCC(=O)O4)[C@H]12. The fourth-order valence-corrected chi connectivity index (χ4v) is 9.36. The lowest BCUT2D eigenvalue weighted by molar-refractivity contribution is -0.167. The maximum atomic E-state index is 12.2. The van der Waals surface area contributed by atoms with Crippen LogP contribution in [-0.4, -0.2) is 27.7 Å². The Kier molecular flexibility index (Phi) is 4.41. The normalized spacial score (nSPS) is 48.6. The van der Waals surface area contributed by atoms with Crippen LogP contribution in [0.1, 0.15) is 78.6 Å². The molecule has 5 rings (SSSR count). The molecule has 0 aromatic heterocycles. The van der Waals surface area contributed by atoms with Gasteiger partial charge in [0.1, 0.15) is 5.60 Å². The van der Waals surface area contributed by atoms with Crippen LogP contribution in [0.4, 0.5) is 0 Å². The van der Waals surface area contributed by atoms with Crippen molar-refractivity contribution in [2.75, 3.05) is 0 Å². The Morgan fingerprint density at radius 2 is 1.83 bits per heavy atom. The van der Waals surface area contributed by atoms with Gasteiger partial charge < -0.3 is 4.74 Å². The van der Waals surface area contributed by atoms with Crippen LogP contribution in [-0.2, 0) is 19.1 Å². The van der Waals surface area contributed by atoms with E-state index in [1.54, 1.807) is 6.92 Å². The molecule has 4 fully saturated rings. The van der Waals surface area contributed by atoms with E-state index in [0.717, 1.165) is 44.9 Å². The van der Waals surface area contributed by atoms with Gasteiger partial charge in [0.25, 0.3) is 0 Å². The van der Waals surface area contributed by atoms with Gasteiger partial charge in [0, 0.05) is 30.4 Å². The Hall–Kier alpha value is -1.10. The average Bonchev–Trinajstić information content (AvgIpc) is 3.17. The molecular formula is C24H32O4S. The van der Waals surface area contributed by atoms with Gasteiger partial charge in [-0.1, -0.05) is 31.2 Å². The number of ether oxygens (including phenoxy) is 1. The molecule has 0 aromatic carbocycles. The van der Waals surface area contributed by atoms with Crippen molar-refractivity contribution in [2.24, 2.45) is 28.6 Å². The molecule has 0 radical (unpaired) electrons. The van der Waals surface area contributed by atoms with Crippen LogP contribution in [0.15, 0.2) is 11.6 Å². The van der Waals surface area contributed by atoms with E-state index >= 15 is 0 Å². The molecule has 5 heteroatoms. The molecule has 3 saturated carbocycles. The fourth-order valence-electron chi connectivity index (χ4n) is 8.13. The third-order valence-corrected chi connectivity index (χ3v) is 10.7. The van der Waals surface area contributed by atoms with E-state index in [0.29, 0.717) is 30.6 Å². The number of ketones is 1. The monoisotopic (exact) mass is 416 g/mol. The van der Waals surface area contributed by atoms with Gasteiger partial charge in [-0.15, -0.1) is 0 Å². The number of carbonyl (C=O) groups is 3. The molecule has 0 unspecified atom stereocenters. The van der Waals surface area contributed by atoms with Crippen molar-refractivity contribution in [3.05, 3.63) is 11.6 Å². The van der Waals surface area contributed by atoms with Crippen molar-refractivity contribution in [1.82, 2.24) is 0 Å². The van der Waals surface area contributed by atoms with E-state index in [9.17, 15) is 14.4 Å². The first-order valence-corrected chi connectivity index (χ1v) is 12.2. The van der Waals surface area contributed by atoms with E-state index in [2.05, 4.69) is 13.8 Å². The molecule has 4 aliphatic carbocycles. The van der Waals surface area contributed by atoms with E-state index in [-0.39, 0.29) is 38.5 Å². The Morgan fingerprint density at radius 1 is 1.07 bits per heavy atom. The second kappa shape index (κ2) is 6.45. The first kappa shape index (κ1) is 19.8. The Labute approximate surface area is 177 Å². The highest BCUT2D eigenvalue weighted by Gasteiger charge is 2.68. The van der Waals surface area contributed by atoms with Gasteiger partial charge in [-0.3, -0.25) is 14.4 Å². The quantitative estimate of drug-likeness (QED) is 0.572. The summed E-state index contributed by atoms with van der Waals surface area (Å²) < 4.78 is 6.06. The minimum atomic E-state index is -0.287. The van der Waals surface area contributed by atoms with Gasteiger partial charge in [0.15, 0.2) is 10.9 Å². The highest BCUT2D eigenvalue weighted by molar-refractivity contribution is 8.14. The van der Waals surface area contributed by atoms with Gasteiger partial charge in [-0.25, -0.2) is 0 Å². The summed E-state index contributed by atoms with van der Waals surface area (Å²) in [5, 5.41) is 0.409. The molecule has 1 heterocycles. The van der Waals surface area contributed by atoms with Crippen molar-refractivity contribution < 1.29 is 19.1 Å². The maximum Gasteiger partial charge on any atom is 0.306 e. The number of esters is 1. The zero-order chi connectivity index (χ0) is 20.6. The highest BCUT2D eigenvalue weighted by Crippen LogP contribution is 2.70. The summed E-state index contributed by atoms with van der Waals surface area (Å²) >= 11 is 1.50. The fraction of sp³-hybridized carbons (Fsp3) is 0.792. The van der Waals surface area contributed by atoms with Crippen molar-refractivity contribution >= 4 is 28.6 Å². The molecular weight excluding hydrogens is 384 g/mol. The smallest absolute Gasteiger partial charge is 0.306 e. The predicted octanol–water partition coefficient (Wildman–Crippen LogP) is 4.85. The van der Waals surface area contributed by atoms with Crippen molar-refractivity contribution in [1.29, 1.82) is 0 Å². The van der Waals surface area contributed by atoms with E-state index in [1.807, 2.05) is 6.08 Å². The largest absolute Gasteiger partial charge is 0.458 e. The lowest BCUT2D eigenvalue weighted by Gasteiger charge is -2.61. The molecule has 5 aliphatic rings. The van der Waals surface area contributed by atoms with E-state index in [4.69, 9.17) is 4.74 Å². The zero-order valence-corrected chi connectivity index (χ0v) is 18.6. The standard InChI is InChI=1S/C24H32O4S/c1-14(25)29-19-13-15-12-16(26)4-8-22(15,2)17-5-9-23(3)18(21(17)19)6-10-24(23)11-7-20(27)28-24/h12,17-19,21H,4-11,13H2,1-3H3/t17-,18+,19-,21+,22+,23+,24+/m0/s1. The summed E-state index contributed by atoms with van der Waals surface area (Å²) in [4.78, 5) is 36.4. The number of hydrogen-bond acceptors (Lipinski definition) is 5. The Bertz CT molecular complexity index is 818. The summed E-state index contributed by atoms with van der Waals surface area (Å²) in [5.41, 5.74) is 1.09. The second-order valence-electron chi connectivity index (χ2n) is 10.7. The number of allylic oxidation sites excluding steroid dienone is 1. The minimum Gasteiger partial charge on any atom is -0.458 e. The number of thioether (sulfide) groups is 1. The molecule has 1 spiro atoms. The van der Waals surface area contributed by atoms with E-state index < -0.39 is 0 Å². The Balaban J connectivity index is 1.56. The number of fused-ring (bicyclic) bond motifs is 6. The molecule has 7 atom stereocenters. The summed E-state index contributed by atoms with van der Waals surface area (Å²) in [6.07, 6.45) is 10.0. The van der Waals surface area contributed by atoms with Crippen LogP contribution in [0.2, 0.25) is 0 Å². The molecule has 0 N–H and O–H groups in total. The maximum absolute atomic E-state index is 12.2. The van der Waals surface area contributed by atoms with Gasteiger partial charge in [0.05, 0.1) is 0 Å². The minimum absolute atomic E-state index is 0.0119. The van der Waals surface area contributed by atoms with Gasteiger partial charge in [-0.2, -0.15) is 0 Å². The van der Waals surface area contributed by atoms with Gasteiger partial charge in [0.2, 0.25) is 0 Å². The number of hydrogen-bond donors (Lipinski definition) is 0. The average molecular weight is 417 g/mol. The van der Waals surface area contributed by atoms with Crippen LogP contribution in [0.5, 0.6) is 0 Å². The van der Waals surface area contributed by atoms with Crippen LogP contribution in [0, 0.1) is 28.6 Å². The summed E-state index contributed by atoms with van der Waals surface area (Å²) in [6, 6.07) is 0. The topological polar surface area (TPSA) is 60.4 Å². The summed E-state index contributed by atoms with van der Waals surface area (Å²) in [6.45, 7) is 6.42. The predicted molar refractivity (Wildman–Crippen MR) is 112 cm³/mol. The lowest BCUT2D eigenvalue weighted by atomic mass is 9.46. The van der Waals surface area contributed by atoms with Crippen molar-refractivity contribution in [3.8, 4) is 0 Å². The molecule has 0 aromatic rings. The number of rotatable bonds is 1. The van der Waals surface area contributed by atoms with E-state index in [1.165, 1.54) is 17.3 Å². The molecule has 4 nitrogen and oxygen atoms in total. The third-order valence-electron chi connectivity index (χ3n) is 9.61. The molecule has 1 aliphatic heterocycles. The van der Waals surface area contributed by atoms with Crippen LogP contribution in [0.25, 0.3) is 0 Å². The zero-order valence-electron chi connectivity index (χ0n) is 17.8. The first-order valence-electron chi connectivity index (χ1n) is 11.3. The molecule has 0 bridgehead atoms. The Morgan fingerprint density at radius 3 is 2.52 bits per heavy atom. The summed E-state index contributed by atoms with van der Waals surface area (Å²) in [7, 11) is 0. The lowest BCUT2D eigenvalue weighted by Crippen LogP contribution is -2.57. The van der Waals surface area contributed by atoms with Crippen LogP contribution in [0.3, 0.4) is 0 Å². The van der Waals surface area contributed by atoms with Crippen molar-refractivity contribution in [2.45, 2.75) is 89.4 Å². The second-order valence-corrected chi connectivity index (χ2v) is 12.1. The van der Waals surface area contributed by atoms with Crippen LogP contribution >= 0.6 is 11.8 Å². The highest BCUT2D eigenvalue weighted by atomic mass is 32.2. The van der Waals surface area contributed by atoms with Crippen molar-refractivity contribution in [3.63, 3.8) is 0 Å². The third kappa shape index (κ3) is 2.68. The molecule has 158 valence electrons. The molecule has 29 heavy (non-hydrogen) atoms. The van der Waals surface area contributed by atoms with Gasteiger partial charge in [-0.05, 0) is 74.2 Å². The van der Waals surface area contributed by atoms with Crippen LogP contribution < -0.4 is 0 Å².